The number of aromatic nitrogens is 1. The van der Waals surface area contributed by atoms with Gasteiger partial charge in [-0.1, -0.05) is 69.4 Å². The van der Waals surface area contributed by atoms with E-state index in [2.05, 4.69) is 34.3 Å². The van der Waals surface area contributed by atoms with Crippen LogP contribution in [-0.4, -0.2) is 11.6 Å². The Balaban J connectivity index is 1.67. The summed E-state index contributed by atoms with van der Waals surface area (Å²) in [5.74, 6) is 1.51. The molecule has 0 aliphatic rings. The number of azo groups is 1. The molecule has 27 heavy (non-hydrogen) atoms. The maximum absolute atomic E-state index is 6.06. The number of fused-ring (bicyclic) bond motifs is 1. The first-order valence-electron chi connectivity index (χ1n) is 9.86. The average Bonchev–Trinajstić information content (AvgIpc) is 2.73. The van der Waals surface area contributed by atoms with Gasteiger partial charge in [0.1, 0.15) is 5.75 Å². The highest BCUT2D eigenvalue weighted by molar-refractivity contribution is 5.96. The van der Waals surface area contributed by atoms with Crippen LogP contribution < -0.4 is 4.74 Å². The molecule has 1 aromatic heterocycles. The maximum atomic E-state index is 6.06. The van der Waals surface area contributed by atoms with Crippen molar-refractivity contribution < 1.29 is 4.74 Å². The minimum atomic E-state index is 0.602. The van der Waals surface area contributed by atoms with Crippen LogP contribution in [0.2, 0.25) is 0 Å². The van der Waals surface area contributed by atoms with E-state index in [-0.39, 0.29) is 0 Å². The summed E-state index contributed by atoms with van der Waals surface area (Å²) >= 11 is 0. The lowest BCUT2D eigenvalue weighted by Gasteiger charge is -2.10. The zero-order chi connectivity index (χ0) is 18.7. The topological polar surface area (TPSA) is 46.8 Å². The molecule has 0 amide bonds. The summed E-state index contributed by atoms with van der Waals surface area (Å²) in [6, 6.07) is 17.7. The van der Waals surface area contributed by atoms with E-state index < -0.39 is 0 Å². The zero-order valence-corrected chi connectivity index (χ0v) is 16.0. The summed E-state index contributed by atoms with van der Waals surface area (Å²) in [4.78, 5) is 4.18. The number of unbranched alkanes of at least 4 members (excludes halogenated alkanes) is 5. The lowest BCUT2D eigenvalue weighted by molar-refractivity contribution is 0.308. The van der Waals surface area contributed by atoms with Crippen LogP contribution in [-0.2, 0) is 0 Å². The van der Waals surface area contributed by atoms with Gasteiger partial charge in [-0.3, -0.25) is 0 Å². The van der Waals surface area contributed by atoms with E-state index in [9.17, 15) is 0 Å². The van der Waals surface area contributed by atoms with Crippen molar-refractivity contribution >= 4 is 22.3 Å². The van der Waals surface area contributed by atoms with E-state index in [1.165, 1.54) is 32.1 Å². The van der Waals surface area contributed by atoms with Crippen LogP contribution in [0.3, 0.4) is 0 Å². The van der Waals surface area contributed by atoms with Crippen molar-refractivity contribution in [3.8, 4) is 5.75 Å². The number of hydrogen-bond acceptors (Lipinski definition) is 4. The third-order valence-corrected chi connectivity index (χ3v) is 4.53. The molecule has 0 saturated carbocycles. The molecule has 0 radical (unpaired) electrons. The van der Waals surface area contributed by atoms with E-state index in [0.717, 1.165) is 35.2 Å². The molecule has 140 valence electrons. The van der Waals surface area contributed by atoms with Crippen LogP contribution in [0.5, 0.6) is 5.75 Å². The Kier molecular flexibility index (Phi) is 7.34. The van der Waals surface area contributed by atoms with Gasteiger partial charge >= 0.3 is 0 Å². The van der Waals surface area contributed by atoms with Crippen LogP contribution in [0, 0.1) is 0 Å². The second-order valence-corrected chi connectivity index (χ2v) is 6.63. The van der Waals surface area contributed by atoms with Gasteiger partial charge in [0.2, 0.25) is 0 Å². The molecular formula is C23H27N3O. The first-order chi connectivity index (χ1) is 13.4. The van der Waals surface area contributed by atoms with Gasteiger partial charge in [0.25, 0.3) is 0 Å². The highest BCUT2D eigenvalue weighted by Gasteiger charge is 2.06. The van der Waals surface area contributed by atoms with Gasteiger partial charge in [0.15, 0.2) is 5.82 Å². The van der Waals surface area contributed by atoms with Crippen LogP contribution in [0.4, 0.5) is 11.5 Å². The molecule has 0 N–H and O–H groups in total. The van der Waals surface area contributed by atoms with Gasteiger partial charge < -0.3 is 4.74 Å². The van der Waals surface area contributed by atoms with Gasteiger partial charge in [-0.2, -0.15) is 0 Å². The second kappa shape index (κ2) is 10.4. The molecule has 3 aromatic rings. The first-order valence-corrected chi connectivity index (χ1v) is 9.86. The molecule has 3 rings (SSSR count). The molecule has 0 spiro atoms. The monoisotopic (exact) mass is 361 g/mol. The number of rotatable bonds is 10. The number of benzene rings is 2. The fraction of sp³-hybridized carbons (Fsp3) is 0.348. The van der Waals surface area contributed by atoms with Crippen molar-refractivity contribution in [1.29, 1.82) is 0 Å². The van der Waals surface area contributed by atoms with E-state index in [1.54, 1.807) is 6.20 Å². The van der Waals surface area contributed by atoms with Gasteiger partial charge in [-0.05, 0) is 30.7 Å². The molecule has 0 aliphatic carbocycles. The Bertz CT molecular complexity index is 862. The normalized spacial score (nSPS) is 11.3. The summed E-state index contributed by atoms with van der Waals surface area (Å²) in [7, 11) is 0. The van der Waals surface area contributed by atoms with Crippen molar-refractivity contribution in [2.75, 3.05) is 6.61 Å². The molecule has 4 nitrogen and oxygen atoms in total. The van der Waals surface area contributed by atoms with Gasteiger partial charge in [-0.25, -0.2) is 4.98 Å². The molecule has 2 aromatic carbocycles. The quantitative estimate of drug-likeness (QED) is 0.279. The summed E-state index contributed by atoms with van der Waals surface area (Å²) in [5, 5.41) is 10.7. The van der Waals surface area contributed by atoms with Crippen molar-refractivity contribution in [3.63, 3.8) is 0 Å². The zero-order valence-electron chi connectivity index (χ0n) is 16.0. The first kappa shape index (κ1) is 19.0. The Morgan fingerprint density at radius 2 is 1.56 bits per heavy atom. The number of nitrogens with zero attached hydrogens (tertiary/aromatic N) is 3. The third-order valence-electron chi connectivity index (χ3n) is 4.53. The van der Waals surface area contributed by atoms with Crippen molar-refractivity contribution in [2.24, 2.45) is 10.2 Å². The molecule has 0 fully saturated rings. The molecule has 0 atom stereocenters. The van der Waals surface area contributed by atoms with Crippen LogP contribution in [0.25, 0.3) is 10.8 Å². The summed E-state index contributed by atoms with van der Waals surface area (Å²) in [6.45, 7) is 3.00. The third kappa shape index (κ3) is 5.61. The van der Waals surface area contributed by atoms with Crippen molar-refractivity contribution in [3.05, 3.63) is 60.8 Å². The fourth-order valence-electron chi connectivity index (χ4n) is 3.05. The Morgan fingerprint density at radius 3 is 2.37 bits per heavy atom. The average molecular weight is 361 g/mol. The standard InChI is InChI=1S/C23H27N3O/c1-2-3-4-5-6-11-18-27-22-16-15-21(19-12-7-8-13-20(19)22)25-26-23-14-9-10-17-24-23/h7-10,12-17H,2-6,11,18H2,1H3. The van der Waals surface area contributed by atoms with Crippen LogP contribution in [0.1, 0.15) is 45.4 Å². The Hall–Kier alpha value is -2.75. The van der Waals surface area contributed by atoms with E-state index in [4.69, 9.17) is 4.74 Å². The highest BCUT2D eigenvalue weighted by atomic mass is 16.5. The largest absolute Gasteiger partial charge is 0.493 e. The summed E-state index contributed by atoms with van der Waals surface area (Å²) in [6.07, 6.45) is 9.28. The SMILES string of the molecule is CCCCCCCCOc1ccc(N=Nc2ccccn2)c2ccccc12. The molecule has 4 heteroatoms. The van der Waals surface area contributed by atoms with Crippen LogP contribution in [0.15, 0.2) is 71.0 Å². The smallest absolute Gasteiger partial charge is 0.174 e. The van der Waals surface area contributed by atoms with Gasteiger partial charge in [0.05, 0.1) is 12.3 Å². The Morgan fingerprint density at radius 1 is 0.778 bits per heavy atom. The Labute approximate surface area is 161 Å². The van der Waals surface area contributed by atoms with Gasteiger partial charge in [-0.15, -0.1) is 10.2 Å². The van der Waals surface area contributed by atoms with Gasteiger partial charge in [0, 0.05) is 17.0 Å². The molecule has 0 bridgehead atoms. The van der Waals surface area contributed by atoms with E-state index in [0.29, 0.717) is 5.82 Å². The molecule has 1 heterocycles. The van der Waals surface area contributed by atoms with Crippen molar-refractivity contribution in [1.82, 2.24) is 4.98 Å². The predicted octanol–water partition coefficient (Wildman–Crippen LogP) is 7.39. The predicted molar refractivity (Wildman–Crippen MR) is 111 cm³/mol. The lowest BCUT2D eigenvalue weighted by atomic mass is 10.1. The van der Waals surface area contributed by atoms with Crippen LogP contribution >= 0.6 is 0 Å². The number of hydrogen-bond donors (Lipinski definition) is 0. The summed E-state index contributed by atoms with van der Waals surface area (Å²) < 4.78 is 6.06. The molecule has 0 saturated heterocycles. The number of ether oxygens (including phenoxy) is 1. The van der Waals surface area contributed by atoms with E-state index >= 15 is 0 Å². The number of pyridine rings is 1. The molecular weight excluding hydrogens is 334 g/mol. The van der Waals surface area contributed by atoms with E-state index in [1.807, 2.05) is 42.5 Å². The fourth-order valence-corrected chi connectivity index (χ4v) is 3.05. The maximum Gasteiger partial charge on any atom is 0.174 e. The summed E-state index contributed by atoms with van der Waals surface area (Å²) in [5.41, 5.74) is 0.822. The van der Waals surface area contributed by atoms with Crippen molar-refractivity contribution in [2.45, 2.75) is 45.4 Å². The second-order valence-electron chi connectivity index (χ2n) is 6.63. The minimum absolute atomic E-state index is 0.602. The lowest BCUT2D eigenvalue weighted by Crippen LogP contribution is -1.98. The minimum Gasteiger partial charge on any atom is -0.493 e. The molecule has 0 aliphatic heterocycles. The molecule has 0 unspecified atom stereocenters. The highest BCUT2D eigenvalue weighted by Crippen LogP contribution is 2.34.